The molecule has 2 aromatic heterocycles. The van der Waals surface area contributed by atoms with Crippen LogP contribution in [-0.2, 0) is 0 Å². The fraction of sp³-hybridized carbons (Fsp3) is 0.312. The summed E-state index contributed by atoms with van der Waals surface area (Å²) in [5.74, 6) is -0.171. The second-order valence-corrected chi connectivity index (χ2v) is 4.94. The molecule has 1 amide bonds. The molecule has 0 saturated carbocycles. The molecule has 0 aliphatic heterocycles. The minimum Gasteiger partial charge on any atom is -0.384 e. The number of anilines is 2. The number of nitrogens with zero attached hydrogens (tertiary/aromatic N) is 2. The molecular weight excluding hydrogens is 264 g/mol. The highest BCUT2D eigenvalue weighted by Gasteiger charge is 2.13. The van der Waals surface area contributed by atoms with Gasteiger partial charge in [-0.15, -0.1) is 0 Å². The summed E-state index contributed by atoms with van der Waals surface area (Å²) in [5.41, 5.74) is 3.93. The van der Waals surface area contributed by atoms with E-state index in [1.807, 2.05) is 19.9 Å². The highest BCUT2D eigenvalue weighted by atomic mass is 16.1. The zero-order valence-corrected chi connectivity index (χ0v) is 12.6. The number of nitrogens with one attached hydrogen (secondary N) is 2. The molecule has 2 heterocycles. The molecule has 0 atom stereocenters. The lowest BCUT2D eigenvalue weighted by atomic mass is 10.1. The van der Waals surface area contributed by atoms with Crippen molar-refractivity contribution in [2.24, 2.45) is 0 Å². The van der Waals surface area contributed by atoms with Crippen LogP contribution in [0.15, 0.2) is 30.7 Å². The van der Waals surface area contributed by atoms with Gasteiger partial charge in [0.1, 0.15) is 0 Å². The largest absolute Gasteiger partial charge is 0.384 e. The minimum absolute atomic E-state index is 0.171. The third-order valence-electron chi connectivity index (χ3n) is 3.12. The van der Waals surface area contributed by atoms with Crippen LogP contribution < -0.4 is 10.6 Å². The number of carbonyl (C=O) groups is 1. The van der Waals surface area contributed by atoms with Gasteiger partial charge >= 0.3 is 0 Å². The lowest BCUT2D eigenvalue weighted by Gasteiger charge is -2.13. The van der Waals surface area contributed by atoms with E-state index in [4.69, 9.17) is 0 Å². The first-order valence-electron chi connectivity index (χ1n) is 7.04. The maximum atomic E-state index is 12.5. The molecular formula is C16H20N4O. The van der Waals surface area contributed by atoms with Crippen molar-refractivity contribution < 1.29 is 4.79 Å². The van der Waals surface area contributed by atoms with E-state index in [1.54, 1.807) is 24.7 Å². The van der Waals surface area contributed by atoms with Gasteiger partial charge in [-0.3, -0.25) is 14.8 Å². The van der Waals surface area contributed by atoms with Crippen molar-refractivity contribution in [3.05, 3.63) is 47.5 Å². The Balaban J connectivity index is 2.24. The van der Waals surface area contributed by atoms with E-state index < -0.39 is 0 Å². The van der Waals surface area contributed by atoms with Crippen molar-refractivity contribution in [2.75, 3.05) is 17.2 Å². The molecule has 0 aromatic carbocycles. The molecule has 5 nitrogen and oxygen atoms in total. The van der Waals surface area contributed by atoms with Gasteiger partial charge < -0.3 is 10.6 Å². The maximum absolute atomic E-state index is 12.5. The molecule has 0 fully saturated rings. The second-order valence-electron chi connectivity index (χ2n) is 4.94. The average Bonchev–Trinajstić information content (AvgIpc) is 2.47. The van der Waals surface area contributed by atoms with Crippen molar-refractivity contribution in [1.82, 2.24) is 9.97 Å². The predicted octanol–water partition coefficient (Wildman–Crippen LogP) is 3.17. The Bertz CT molecular complexity index is 640. The third kappa shape index (κ3) is 3.78. The first kappa shape index (κ1) is 15.0. The van der Waals surface area contributed by atoms with Crippen molar-refractivity contribution in [3.8, 4) is 0 Å². The Morgan fingerprint density at radius 2 is 2.05 bits per heavy atom. The van der Waals surface area contributed by atoms with Crippen LogP contribution in [0.4, 0.5) is 11.4 Å². The molecule has 0 bridgehead atoms. The van der Waals surface area contributed by atoms with E-state index in [9.17, 15) is 4.79 Å². The average molecular weight is 284 g/mol. The first-order chi connectivity index (χ1) is 10.1. The van der Waals surface area contributed by atoms with E-state index in [0.717, 1.165) is 35.6 Å². The Hall–Kier alpha value is -2.43. The van der Waals surface area contributed by atoms with E-state index in [1.165, 1.54) is 0 Å². The van der Waals surface area contributed by atoms with E-state index >= 15 is 0 Å². The molecule has 0 unspecified atom stereocenters. The van der Waals surface area contributed by atoms with Gasteiger partial charge in [-0.05, 0) is 38.0 Å². The van der Waals surface area contributed by atoms with Crippen molar-refractivity contribution in [2.45, 2.75) is 27.2 Å². The SMILES string of the molecule is CCCNc1cc(C)ncc1C(=O)Nc1ccncc1C. The van der Waals surface area contributed by atoms with Gasteiger partial charge in [0.15, 0.2) is 0 Å². The normalized spacial score (nSPS) is 10.2. The van der Waals surface area contributed by atoms with Gasteiger partial charge in [0.05, 0.1) is 11.3 Å². The number of carbonyl (C=O) groups excluding carboxylic acids is 1. The number of hydrogen-bond acceptors (Lipinski definition) is 4. The van der Waals surface area contributed by atoms with Crippen LogP contribution in [0.3, 0.4) is 0 Å². The lowest BCUT2D eigenvalue weighted by molar-refractivity contribution is 0.102. The molecule has 0 aliphatic rings. The molecule has 2 rings (SSSR count). The molecule has 5 heteroatoms. The summed E-state index contributed by atoms with van der Waals surface area (Å²) < 4.78 is 0. The van der Waals surface area contributed by atoms with E-state index in [0.29, 0.717) is 5.56 Å². The lowest BCUT2D eigenvalue weighted by Crippen LogP contribution is -2.16. The monoisotopic (exact) mass is 284 g/mol. The number of rotatable bonds is 5. The number of pyridine rings is 2. The Kier molecular flexibility index (Phi) is 4.87. The zero-order valence-electron chi connectivity index (χ0n) is 12.6. The first-order valence-corrected chi connectivity index (χ1v) is 7.04. The topological polar surface area (TPSA) is 66.9 Å². The fourth-order valence-electron chi connectivity index (χ4n) is 1.95. The smallest absolute Gasteiger partial charge is 0.259 e. The maximum Gasteiger partial charge on any atom is 0.259 e. The van der Waals surface area contributed by atoms with Crippen LogP contribution in [-0.4, -0.2) is 22.4 Å². The Morgan fingerprint density at radius 3 is 2.76 bits per heavy atom. The summed E-state index contributed by atoms with van der Waals surface area (Å²) in [6.07, 6.45) is 5.98. The van der Waals surface area contributed by atoms with Crippen LogP contribution in [0.25, 0.3) is 0 Å². The molecule has 0 radical (unpaired) electrons. The van der Waals surface area contributed by atoms with Crippen LogP contribution >= 0.6 is 0 Å². The van der Waals surface area contributed by atoms with Crippen molar-refractivity contribution >= 4 is 17.3 Å². The quantitative estimate of drug-likeness (QED) is 0.885. The summed E-state index contributed by atoms with van der Waals surface area (Å²) in [6, 6.07) is 3.68. The summed E-state index contributed by atoms with van der Waals surface area (Å²) in [4.78, 5) is 20.7. The summed E-state index contributed by atoms with van der Waals surface area (Å²) >= 11 is 0. The van der Waals surface area contributed by atoms with Crippen LogP contribution in [0.5, 0.6) is 0 Å². The van der Waals surface area contributed by atoms with Gasteiger partial charge in [0.2, 0.25) is 0 Å². The van der Waals surface area contributed by atoms with Crippen LogP contribution in [0.1, 0.15) is 35.0 Å². The van der Waals surface area contributed by atoms with Crippen molar-refractivity contribution in [1.29, 1.82) is 0 Å². The summed E-state index contributed by atoms with van der Waals surface area (Å²) in [7, 11) is 0. The Morgan fingerprint density at radius 1 is 1.24 bits per heavy atom. The zero-order chi connectivity index (χ0) is 15.2. The third-order valence-corrected chi connectivity index (χ3v) is 3.12. The van der Waals surface area contributed by atoms with Crippen LogP contribution in [0, 0.1) is 13.8 Å². The number of amides is 1. The standard InChI is InChI=1S/C16H20N4O/c1-4-6-18-15-8-12(3)19-10-13(15)16(21)20-14-5-7-17-9-11(14)2/h5,7-10H,4,6H2,1-3H3,(H,18,19)(H,17,20,21). The van der Waals surface area contributed by atoms with Crippen LogP contribution in [0.2, 0.25) is 0 Å². The van der Waals surface area contributed by atoms with Crippen molar-refractivity contribution in [3.63, 3.8) is 0 Å². The molecule has 110 valence electrons. The fourth-order valence-corrected chi connectivity index (χ4v) is 1.95. The second kappa shape index (κ2) is 6.83. The van der Waals surface area contributed by atoms with Gasteiger partial charge in [-0.2, -0.15) is 0 Å². The molecule has 2 N–H and O–H groups in total. The summed E-state index contributed by atoms with van der Waals surface area (Å²) in [6.45, 7) is 6.72. The van der Waals surface area contributed by atoms with E-state index in [-0.39, 0.29) is 5.91 Å². The van der Waals surface area contributed by atoms with Gasteiger partial charge in [-0.1, -0.05) is 6.92 Å². The molecule has 0 spiro atoms. The molecule has 21 heavy (non-hydrogen) atoms. The predicted molar refractivity (Wildman–Crippen MR) is 84.7 cm³/mol. The van der Waals surface area contributed by atoms with Gasteiger partial charge in [0.25, 0.3) is 5.91 Å². The van der Waals surface area contributed by atoms with Gasteiger partial charge in [0, 0.05) is 36.5 Å². The number of aromatic nitrogens is 2. The minimum atomic E-state index is -0.171. The highest BCUT2D eigenvalue weighted by molar-refractivity contribution is 6.08. The van der Waals surface area contributed by atoms with Gasteiger partial charge in [-0.25, -0.2) is 0 Å². The summed E-state index contributed by atoms with van der Waals surface area (Å²) in [5, 5.41) is 6.18. The molecule has 2 aromatic rings. The molecule has 0 saturated heterocycles. The Labute approximate surface area is 124 Å². The number of hydrogen-bond donors (Lipinski definition) is 2. The highest BCUT2D eigenvalue weighted by Crippen LogP contribution is 2.19. The number of aryl methyl sites for hydroxylation is 2. The molecule has 0 aliphatic carbocycles. The van der Waals surface area contributed by atoms with E-state index in [2.05, 4.69) is 27.5 Å².